The first-order valence-electron chi connectivity index (χ1n) is 9.41. The molecule has 0 saturated heterocycles. The van der Waals surface area contributed by atoms with Gasteiger partial charge in [0.1, 0.15) is 6.29 Å². The van der Waals surface area contributed by atoms with E-state index in [2.05, 4.69) is 6.58 Å². The highest BCUT2D eigenvalue weighted by atomic mass is 16.4. The summed E-state index contributed by atoms with van der Waals surface area (Å²) in [6.45, 7) is 5.62. The quantitative estimate of drug-likeness (QED) is 0.524. The number of carboxylic acid groups (broad SMARTS) is 2. The number of carboxylic acids is 2. The van der Waals surface area contributed by atoms with Gasteiger partial charge in [0.15, 0.2) is 0 Å². The van der Waals surface area contributed by atoms with Crippen LogP contribution in [0.15, 0.2) is 12.2 Å². The second-order valence-electron chi connectivity index (χ2n) is 9.41. The zero-order chi connectivity index (χ0) is 19.1. The molecule has 0 aliphatic heterocycles. The lowest BCUT2D eigenvalue weighted by atomic mass is 9.53. The van der Waals surface area contributed by atoms with E-state index in [0.717, 1.165) is 6.29 Å². The first-order valence-corrected chi connectivity index (χ1v) is 9.41. The Morgan fingerprint density at radius 1 is 1.23 bits per heavy atom. The van der Waals surface area contributed by atoms with Crippen molar-refractivity contribution in [1.29, 1.82) is 0 Å². The number of aldehydes is 1. The van der Waals surface area contributed by atoms with Gasteiger partial charge in [0.2, 0.25) is 0 Å². The van der Waals surface area contributed by atoms with Crippen molar-refractivity contribution in [2.75, 3.05) is 0 Å². The van der Waals surface area contributed by atoms with Crippen LogP contribution < -0.4 is 0 Å². The van der Waals surface area contributed by atoms with Crippen LogP contribution in [0.25, 0.3) is 0 Å². The number of hydrogen-bond acceptors (Lipinski definition) is 4. The standard InChI is InChI=1S/C20H26O6/c1-11-8-19-9-20(11,26)7-4-12(19)18(10-21)6-3-5-17(2,16(24)25)14(18)13(19)15(22)23/h10,12-14,26H,1,3-9H2,2H3,(H,22,23)(H,24,25)/t12-,13-,14-,17-,18-,19+,20+/m1/s1. The predicted molar refractivity (Wildman–Crippen MR) is 91.2 cm³/mol. The van der Waals surface area contributed by atoms with Crippen molar-refractivity contribution >= 4 is 18.2 Å². The highest BCUT2D eigenvalue weighted by Crippen LogP contribution is 2.77. The molecule has 4 fully saturated rings. The number of hydrogen-bond donors (Lipinski definition) is 3. The Labute approximate surface area is 152 Å². The molecule has 0 aromatic carbocycles. The number of carbonyl (C=O) groups is 3. The summed E-state index contributed by atoms with van der Waals surface area (Å²) < 4.78 is 0. The third-order valence-corrected chi connectivity index (χ3v) is 8.51. The van der Waals surface area contributed by atoms with Crippen LogP contribution in [0.3, 0.4) is 0 Å². The molecule has 4 aliphatic rings. The van der Waals surface area contributed by atoms with Crippen molar-refractivity contribution in [1.82, 2.24) is 0 Å². The lowest BCUT2D eigenvalue weighted by Crippen LogP contribution is -2.52. The monoisotopic (exact) mass is 362 g/mol. The van der Waals surface area contributed by atoms with E-state index in [-0.39, 0.29) is 12.3 Å². The molecule has 142 valence electrons. The fraction of sp³-hybridized carbons (Fsp3) is 0.750. The molecule has 4 aliphatic carbocycles. The smallest absolute Gasteiger partial charge is 0.309 e. The summed E-state index contributed by atoms with van der Waals surface area (Å²) in [5, 5.41) is 31.1. The van der Waals surface area contributed by atoms with Gasteiger partial charge in [-0.2, -0.15) is 0 Å². The molecule has 6 heteroatoms. The van der Waals surface area contributed by atoms with Crippen LogP contribution in [0.1, 0.15) is 51.9 Å². The first-order chi connectivity index (χ1) is 12.1. The van der Waals surface area contributed by atoms with E-state index >= 15 is 0 Å². The summed E-state index contributed by atoms with van der Waals surface area (Å²) in [7, 11) is 0. The lowest BCUT2D eigenvalue weighted by Gasteiger charge is -2.49. The second-order valence-corrected chi connectivity index (χ2v) is 9.41. The third kappa shape index (κ3) is 1.74. The van der Waals surface area contributed by atoms with Crippen LogP contribution >= 0.6 is 0 Å². The van der Waals surface area contributed by atoms with Gasteiger partial charge < -0.3 is 20.1 Å². The van der Waals surface area contributed by atoms with Crippen molar-refractivity contribution in [3.8, 4) is 0 Å². The molecule has 4 saturated carbocycles. The summed E-state index contributed by atoms with van der Waals surface area (Å²) in [5.74, 6) is -3.99. The average molecular weight is 362 g/mol. The molecule has 2 bridgehead atoms. The van der Waals surface area contributed by atoms with Gasteiger partial charge in [0.25, 0.3) is 0 Å². The summed E-state index contributed by atoms with van der Waals surface area (Å²) in [5.41, 5.74) is -3.41. The van der Waals surface area contributed by atoms with Crippen LogP contribution in [0.5, 0.6) is 0 Å². The van der Waals surface area contributed by atoms with Crippen LogP contribution in [-0.2, 0) is 14.4 Å². The predicted octanol–water partition coefficient (Wildman–Crippen LogP) is 2.25. The Bertz CT molecular complexity index is 730. The Balaban J connectivity index is 1.98. The van der Waals surface area contributed by atoms with E-state index in [1.54, 1.807) is 6.92 Å². The maximum absolute atomic E-state index is 12.5. The largest absolute Gasteiger partial charge is 0.481 e. The fourth-order valence-corrected chi connectivity index (χ4v) is 7.63. The summed E-state index contributed by atoms with van der Waals surface area (Å²) in [6.07, 6.45) is 4.04. The zero-order valence-corrected chi connectivity index (χ0v) is 15.0. The highest BCUT2D eigenvalue weighted by Gasteiger charge is 2.78. The minimum Gasteiger partial charge on any atom is -0.481 e. The van der Waals surface area contributed by atoms with Crippen LogP contribution in [0, 0.1) is 34.0 Å². The van der Waals surface area contributed by atoms with Gasteiger partial charge in [-0.25, -0.2) is 0 Å². The van der Waals surface area contributed by atoms with Crippen LogP contribution in [0.2, 0.25) is 0 Å². The number of carbonyl (C=O) groups excluding carboxylic acids is 1. The topological polar surface area (TPSA) is 112 Å². The Morgan fingerprint density at radius 3 is 2.50 bits per heavy atom. The van der Waals surface area contributed by atoms with Gasteiger partial charge in [0.05, 0.1) is 16.9 Å². The van der Waals surface area contributed by atoms with E-state index < -0.39 is 45.6 Å². The molecular formula is C20H26O6. The SMILES string of the molecule is C=C1C[C@]23C[C@@]1(O)CC[C@@H]2[C@]1(C=O)CCC[C@@](C)(C(=O)O)[C@H]1[C@@H]3C(=O)O. The van der Waals surface area contributed by atoms with E-state index in [1.807, 2.05) is 0 Å². The number of fused-ring (bicyclic) bond motifs is 3. The Hall–Kier alpha value is -1.69. The van der Waals surface area contributed by atoms with Crippen molar-refractivity contribution < 1.29 is 29.7 Å². The van der Waals surface area contributed by atoms with Crippen LogP contribution in [-0.4, -0.2) is 39.1 Å². The molecule has 4 rings (SSSR count). The lowest BCUT2D eigenvalue weighted by molar-refractivity contribution is -0.167. The molecule has 0 unspecified atom stereocenters. The highest BCUT2D eigenvalue weighted by molar-refractivity contribution is 5.82. The van der Waals surface area contributed by atoms with E-state index in [1.165, 1.54) is 0 Å². The normalized spacial score (nSPS) is 52.2. The van der Waals surface area contributed by atoms with E-state index in [0.29, 0.717) is 44.1 Å². The molecule has 7 atom stereocenters. The van der Waals surface area contributed by atoms with Crippen molar-refractivity contribution in [2.24, 2.45) is 34.0 Å². The average Bonchev–Trinajstić information content (AvgIpc) is 2.92. The van der Waals surface area contributed by atoms with Gasteiger partial charge in [-0.3, -0.25) is 9.59 Å². The van der Waals surface area contributed by atoms with E-state index in [4.69, 9.17) is 0 Å². The fourth-order valence-electron chi connectivity index (χ4n) is 7.63. The minimum absolute atomic E-state index is 0.211. The van der Waals surface area contributed by atoms with E-state index in [9.17, 15) is 29.7 Å². The van der Waals surface area contributed by atoms with Gasteiger partial charge in [-0.15, -0.1) is 0 Å². The van der Waals surface area contributed by atoms with Gasteiger partial charge in [-0.05, 0) is 62.4 Å². The van der Waals surface area contributed by atoms with Gasteiger partial charge >= 0.3 is 11.9 Å². The summed E-state index contributed by atoms with van der Waals surface area (Å²) in [6, 6.07) is 0. The Kier molecular flexibility index (Phi) is 3.39. The minimum atomic E-state index is -1.25. The molecule has 0 radical (unpaired) electrons. The second kappa shape index (κ2) is 4.97. The van der Waals surface area contributed by atoms with Crippen molar-refractivity contribution in [3.63, 3.8) is 0 Å². The molecule has 0 amide bonds. The molecular weight excluding hydrogens is 336 g/mol. The molecule has 0 aromatic heterocycles. The first kappa shape index (κ1) is 17.7. The van der Waals surface area contributed by atoms with Crippen LogP contribution in [0.4, 0.5) is 0 Å². The summed E-state index contributed by atoms with van der Waals surface area (Å²) >= 11 is 0. The molecule has 3 N–H and O–H groups in total. The molecule has 6 nitrogen and oxygen atoms in total. The molecule has 0 aromatic rings. The zero-order valence-electron chi connectivity index (χ0n) is 15.0. The molecule has 1 spiro atoms. The number of aliphatic hydroxyl groups is 1. The summed E-state index contributed by atoms with van der Waals surface area (Å²) in [4.78, 5) is 37.1. The maximum Gasteiger partial charge on any atom is 0.309 e. The maximum atomic E-state index is 12.5. The Morgan fingerprint density at radius 2 is 1.92 bits per heavy atom. The van der Waals surface area contributed by atoms with Gasteiger partial charge in [-0.1, -0.05) is 13.0 Å². The van der Waals surface area contributed by atoms with Gasteiger partial charge in [0, 0.05) is 11.3 Å². The molecule has 0 heterocycles. The third-order valence-electron chi connectivity index (χ3n) is 8.51. The van der Waals surface area contributed by atoms with Crippen molar-refractivity contribution in [3.05, 3.63) is 12.2 Å². The molecule has 26 heavy (non-hydrogen) atoms. The number of aliphatic carboxylic acids is 2. The number of rotatable bonds is 3. The van der Waals surface area contributed by atoms with Crippen molar-refractivity contribution in [2.45, 2.75) is 57.5 Å².